The lowest BCUT2D eigenvalue weighted by molar-refractivity contribution is -0.137. The molecule has 0 saturated heterocycles. The summed E-state index contributed by atoms with van der Waals surface area (Å²) in [5.74, 6) is -0.668. The fraction of sp³-hybridized carbons (Fsp3) is 0.273. The normalized spacial score (nSPS) is 12.6. The minimum Gasteiger partial charge on any atom is -0.352 e. The second-order valence-corrected chi connectivity index (χ2v) is 3.80. The van der Waals surface area contributed by atoms with Gasteiger partial charge in [0.1, 0.15) is 6.04 Å². The molecule has 0 aliphatic heterocycles. The molecule has 0 bridgehead atoms. The summed E-state index contributed by atoms with van der Waals surface area (Å²) in [5, 5.41) is 4.36. The Bertz CT molecular complexity index is 488. The Hall–Kier alpha value is -2.25. The van der Waals surface area contributed by atoms with Crippen molar-refractivity contribution < 1.29 is 22.8 Å². The van der Waals surface area contributed by atoms with Gasteiger partial charge in [0, 0.05) is 5.69 Å². The Balaban J connectivity index is 2.77. The maximum atomic E-state index is 12.4. The van der Waals surface area contributed by atoms with E-state index < -0.39 is 29.7 Å². The zero-order valence-corrected chi connectivity index (χ0v) is 9.91. The van der Waals surface area contributed by atoms with Gasteiger partial charge in [0.2, 0.25) is 5.91 Å². The van der Waals surface area contributed by atoms with Crippen LogP contribution in [-0.2, 0) is 11.0 Å². The van der Waals surface area contributed by atoms with E-state index in [1.807, 2.05) is 0 Å². The van der Waals surface area contributed by atoms with E-state index in [0.29, 0.717) is 0 Å². The predicted octanol–water partition coefficient (Wildman–Crippen LogP) is 1.70. The molecule has 0 radical (unpaired) electrons. The molecule has 4 N–H and O–H groups in total. The van der Waals surface area contributed by atoms with Crippen molar-refractivity contribution in [1.82, 2.24) is 5.32 Å². The van der Waals surface area contributed by atoms with Crippen molar-refractivity contribution in [2.24, 2.45) is 5.73 Å². The molecule has 0 saturated carbocycles. The van der Waals surface area contributed by atoms with Crippen LogP contribution >= 0.6 is 0 Å². The molecule has 0 aliphatic rings. The molecule has 1 atom stereocenters. The van der Waals surface area contributed by atoms with Crippen molar-refractivity contribution >= 4 is 17.6 Å². The summed E-state index contributed by atoms with van der Waals surface area (Å²) in [7, 11) is 0. The number of rotatable bonds is 3. The van der Waals surface area contributed by atoms with Crippen LogP contribution < -0.4 is 16.4 Å². The number of urea groups is 1. The first kappa shape index (κ1) is 14.8. The summed E-state index contributed by atoms with van der Waals surface area (Å²) in [6.07, 6.45) is -4.49. The van der Waals surface area contributed by atoms with Crippen LogP contribution in [0.25, 0.3) is 0 Å². The first-order chi connectivity index (χ1) is 8.70. The van der Waals surface area contributed by atoms with Crippen molar-refractivity contribution in [1.29, 1.82) is 0 Å². The average Bonchev–Trinajstić information content (AvgIpc) is 2.27. The molecule has 0 aromatic heterocycles. The fourth-order valence-electron chi connectivity index (χ4n) is 1.30. The third-order valence-corrected chi connectivity index (χ3v) is 2.21. The van der Waals surface area contributed by atoms with Crippen LogP contribution in [0, 0.1) is 0 Å². The molecular weight excluding hydrogens is 263 g/mol. The largest absolute Gasteiger partial charge is 0.416 e. The van der Waals surface area contributed by atoms with Gasteiger partial charge in [-0.15, -0.1) is 0 Å². The summed E-state index contributed by atoms with van der Waals surface area (Å²) < 4.78 is 37.3. The second kappa shape index (κ2) is 5.59. The lowest BCUT2D eigenvalue weighted by atomic mass is 10.2. The van der Waals surface area contributed by atoms with Gasteiger partial charge in [-0.05, 0) is 25.1 Å². The van der Waals surface area contributed by atoms with Gasteiger partial charge < -0.3 is 16.4 Å². The van der Waals surface area contributed by atoms with Crippen LogP contribution in [0.2, 0.25) is 0 Å². The van der Waals surface area contributed by atoms with E-state index >= 15 is 0 Å². The monoisotopic (exact) mass is 275 g/mol. The summed E-state index contributed by atoms with van der Waals surface area (Å²) >= 11 is 0. The van der Waals surface area contributed by atoms with E-state index in [1.165, 1.54) is 19.1 Å². The van der Waals surface area contributed by atoms with Crippen molar-refractivity contribution in [3.8, 4) is 0 Å². The number of nitrogens with two attached hydrogens (primary N) is 1. The fourth-order valence-corrected chi connectivity index (χ4v) is 1.30. The first-order valence-corrected chi connectivity index (χ1v) is 5.24. The summed E-state index contributed by atoms with van der Waals surface area (Å²) in [4.78, 5) is 22.1. The van der Waals surface area contributed by atoms with Crippen molar-refractivity contribution in [3.63, 3.8) is 0 Å². The molecule has 19 heavy (non-hydrogen) atoms. The van der Waals surface area contributed by atoms with Crippen LogP contribution in [0.4, 0.5) is 23.7 Å². The Kier molecular flexibility index (Phi) is 4.36. The molecule has 3 amide bonds. The lowest BCUT2D eigenvalue weighted by Gasteiger charge is -2.13. The molecule has 0 heterocycles. The molecule has 0 fully saturated rings. The molecule has 1 rings (SSSR count). The van der Waals surface area contributed by atoms with Crippen molar-refractivity contribution in [2.45, 2.75) is 19.1 Å². The molecule has 0 unspecified atom stereocenters. The Morgan fingerprint density at radius 3 is 2.47 bits per heavy atom. The number of benzene rings is 1. The van der Waals surface area contributed by atoms with Gasteiger partial charge in [-0.2, -0.15) is 13.2 Å². The van der Waals surface area contributed by atoms with Crippen LogP contribution in [0.3, 0.4) is 0 Å². The highest BCUT2D eigenvalue weighted by molar-refractivity contribution is 5.96. The SMILES string of the molecule is C[C@H](NC(N)=O)C(=O)Nc1cccc(C(F)(F)F)c1. The molecular formula is C11H12F3N3O2. The molecule has 5 nitrogen and oxygen atoms in total. The number of carbonyl (C=O) groups is 2. The van der Waals surface area contributed by atoms with Gasteiger partial charge in [-0.3, -0.25) is 4.79 Å². The number of nitrogens with one attached hydrogen (secondary N) is 2. The number of alkyl halides is 3. The molecule has 0 spiro atoms. The highest BCUT2D eigenvalue weighted by Crippen LogP contribution is 2.30. The first-order valence-electron chi connectivity index (χ1n) is 5.24. The maximum Gasteiger partial charge on any atom is 0.416 e. The molecule has 0 aliphatic carbocycles. The minimum atomic E-state index is -4.49. The van der Waals surface area contributed by atoms with Gasteiger partial charge in [0.05, 0.1) is 5.56 Å². The topological polar surface area (TPSA) is 84.2 Å². The minimum absolute atomic E-state index is 0.0158. The van der Waals surface area contributed by atoms with E-state index in [0.717, 1.165) is 12.1 Å². The van der Waals surface area contributed by atoms with Crippen LogP contribution in [0.1, 0.15) is 12.5 Å². The summed E-state index contributed by atoms with van der Waals surface area (Å²) in [6.45, 7) is 1.35. The highest BCUT2D eigenvalue weighted by Gasteiger charge is 2.30. The van der Waals surface area contributed by atoms with E-state index in [4.69, 9.17) is 5.73 Å². The predicted molar refractivity (Wildman–Crippen MR) is 62.3 cm³/mol. The number of amides is 3. The average molecular weight is 275 g/mol. The number of anilines is 1. The Labute approximate surface area is 107 Å². The standard InChI is InChI=1S/C11H12F3N3O2/c1-6(16-10(15)19)9(18)17-8-4-2-3-7(5-8)11(12,13)14/h2-6H,1H3,(H,17,18)(H3,15,16,19)/t6-/m0/s1. The van der Waals surface area contributed by atoms with Gasteiger partial charge in [0.15, 0.2) is 0 Å². The zero-order valence-electron chi connectivity index (χ0n) is 9.91. The lowest BCUT2D eigenvalue weighted by Crippen LogP contribution is -2.44. The number of hydrogen-bond acceptors (Lipinski definition) is 2. The van der Waals surface area contributed by atoms with Gasteiger partial charge >= 0.3 is 12.2 Å². The van der Waals surface area contributed by atoms with Gasteiger partial charge in [-0.1, -0.05) is 6.07 Å². The van der Waals surface area contributed by atoms with Crippen molar-refractivity contribution in [2.75, 3.05) is 5.32 Å². The molecule has 1 aromatic carbocycles. The number of halogens is 3. The smallest absolute Gasteiger partial charge is 0.352 e. The number of carbonyl (C=O) groups excluding carboxylic acids is 2. The Morgan fingerprint density at radius 1 is 1.32 bits per heavy atom. The third kappa shape index (κ3) is 4.49. The van der Waals surface area contributed by atoms with Gasteiger partial charge in [-0.25, -0.2) is 4.79 Å². The quantitative estimate of drug-likeness (QED) is 0.784. The second-order valence-electron chi connectivity index (χ2n) is 3.80. The maximum absolute atomic E-state index is 12.4. The van der Waals surface area contributed by atoms with Crippen LogP contribution in [0.5, 0.6) is 0 Å². The molecule has 8 heteroatoms. The van der Waals surface area contributed by atoms with E-state index in [-0.39, 0.29) is 5.69 Å². The van der Waals surface area contributed by atoms with Crippen LogP contribution in [0.15, 0.2) is 24.3 Å². The third-order valence-electron chi connectivity index (χ3n) is 2.21. The van der Waals surface area contributed by atoms with E-state index in [9.17, 15) is 22.8 Å². The zero-order chi connectivity index (χ0) is 14.6. The van der Waals surface area contributed by atoms with Crippen LogP contribution in [-0.4, -0.2) is 18.0 Å². The van der Waals surface area contributed by atoms with Crippen molar-refractivity contribution in [3.05, 3.63) is 29.8 Å². The van der Waals surface area contributed by atoms with Gasteiger partial charge in [0.25, 0.3) is 0 Å². The summed E-state index contributed by atoms with van der Waals surface area (Å²) in [6, 6.07) is 2.32. The molecule has 104 valence electrons. The molecule has 1 aromatic rings. The van der Waals surface area contributed by atoms with E-state index in [1.54, 1.807) is 0 Å². The number of primary amides is 1. The Morgan fingerprint density at radius 2 is 1.95 bits per heavy atom. The van der Waals surface area contributed by atoms with E-state index in [2.05, 4.69) is 10.6 Å². The highest BCUT2D eigenvalue weighted by atomic mass is 19.4. The summed E-state index contributed by atoms with van der Waals surface area (Å²) in [5.41, 5.74) is 3.94. The number of hydrogen-bond donors (Lipinski definition) is 3.